The van der Waals surface area contributed by atoms with Gasteiger partial charge >= 0.3 is 0 Å². The molecule has 3 aromatic carbocycles. The summed E-state index contributed by atoms with van der Waals surface area (Å²) in [6.45, 7) is 0.0352. The summed E-state index contributed by atoms with van der Waals surface area (Å²) in [7, 11) is -3.81. The first-order valence-corrected chi connectivity index (χ1v) is 11.5. The summed E-state index contributed by atoms with van der Waals surface area (Å²) in [5.41, 5.74) is 1.50. The summed E-state index contributed by atoms with van der Waals surface area (Å²) < 4.78 is 33.3. The van der Waals surface area contributed by atoms with Gasteiger partial charge in [0.25, 0.3) is 0 Å². The van der Waals surface area contributed by atoms with Crippen LogP contribution >= 0.6 is 23.2 Å². The Labute approximate surface area is 190 Å². The van der Waals surface area contributed by atoms with E-state index < -0.39 is 10.0 Å². The van der Waals surface area contributed by atoms with E-state index in [1.807, 2.05) is 0 Å². The lowest BCUT2D eigenvalue weighted by molar-refractivity contribution is 0.312. The van der Waals surface area contributed by atoms with Crippen LogP contribution in [0.25, 0.3) is 11.4 Å². The Hall–Kier alpha value is -2.71. The van der Waals surface area contributed by atoms with E-state index in [1.54, 1.807) is 78.9 Å². The Balaban J connectivity index is 1.64. The van der Waals surface area contributed by atoms with Crippen LogP contribution in [-0.2, 0) is 23.1 Å². The molecule has 0 aliphatic carbocycles. The van der Waals surface area contributed by atoms with Gasteiger partial charge < -0.3 is 4.52 Å². The maximum atomic E-state index is 13.3. The minimum atomic E-state index is -3.81. The minimum absolute atomic E-state index is 0.0829. The van der Waals surface area contributed by atoms with Gasteiger partial charge in [-0.05, 0) is 54.1 Å². The summed E-state index contributed by atoms with van der Waals surface area (Å²) in [6, 6.07) is 22.2. The molecule has 31 heavy (non-hydrogen) atoms. The van der Waals surface area contributed by atoms with Crippen molar-refractivity contribution in [2.75, 3.05) is 0 Å². The van der Waals surface area contributed by atoms with E-state index in [-0.39, 0.29) is 23.9 Å². The fraction of sp³-hybridized carbons (Fsp3) is 0.0909. The van der Waals surface area contributed by atoms with Crippen LogP contribution in [0.5, 0.6) is 0 Å². The molecule has 0 saturated carbocycles. The molecule has 0 aliphatic heterocycles. The molecular formula is C22H17Cl2N3O3S. The van der Waals surface area contributed by atoms with Gasteiger partial charge in [0, 0.05) is 22.2 Å². The number of rotatable bonds is 7. The fourth-order valence-electron chi connectivity index (χ4n) is 2.95. The Kier molecular flexibility index (Phi) is 6.38. The molecule has 1 heterocycles. The van der Waals surface area contributed by atoms with Gasteiger partial charge in [0.05, 0.1) is 11.4 Å². The Morgan fingerprint density at radius 3 is 2.06 bits per heavy atom. The molecule has 0 N–H and O–H groups in total. The van der Waals surface area contributed by atoms with E-state index in [4.69, 9.17) is 27.7 Å². The zero-order valence-electron chi connectivity index (χ0n) is 16.2. The van der Waals surface area contributed by atoms with Crippen LogP contribution in [0.1, 0.15) is 11.5 Å². The van der Waals surface area contributed by atoms with E-state index in [9.17, 15) is 8.42 Å². The van der Waals surface area contributed by atoms with Crippen molar-refractivity contribution >= 4 is 33.2 Å². The van der Waals surface area contributed by atoms with Gasteiger partial charge in [0.15, 0.2) is 0 Å². The summed E-state index contributed by atoms with van der Waals surface area (Å²) in [4.78, 5) is 4.55. The van der Waals surface area contributed by atoms with Crippen LogP contribution in [0.3, 0.4) is 0 Å². The van der Waals surface area contributed by atoms with Crippen LogP contribution in [-0.4, -0.2) is 22.9 Å². The maximum absolute atomic E-state index is 13.3. The van der Waals surface area contributed by atoms with Crippen LogP contribution in [0.4, 0.5) is 0 Å². The number of aromatic nitrogens is 2. The van der Waals surface area contributed by atoms with Crippen molar-refractivity contribution in [1.29, 1.82) is 0 Å². The van der Waals surface area contributed by atoms with E-state index in [2.05, 4.69) is 10.1 Å². The highest BCUT2D eigenvalue weighted by atomic mass is 35.5. The van der Waals surface area contributed by atoms with E-state index in [0.717, 1.165) is 11.1 Å². The second-order valence-corrected chi connectivity index (χ2v) is 9.54. The predicted molar refractivity (Wildman–Crippen MR) is 119 cm³/mol. The summed E-state index contributed by atoms with van der Waals surface area (Å²) in [5, 5.41) is 5.14. The van der Waals surface area contributed by atoms with Crippen molar-refractivity contribution in [3.8, 4) is 11.4 Å². The van der Waals surface area contributed by atoms with E-state index in [1.165, 1.54) is 4.31 Å². The Bertz CT molecular complexity index is 1260. The smallest absolute Gasteiger partial charge is 0.243 e. The third kappa shape index (κ3) is 5.14. The van der Waals surface area contributed by atoms with Crippen molar-refractivity contribution in [3.05, 3.63) is 100 Å². The van der Waals surface area contributed by atoms with E-state index in [0.29, 0.717) is 15.9 Å². The lowest BCUT2D eigenvalue weighted by atomic mass is 10.2. The number of hydrogen-bond donors (Lipinski definition) is 0. The van der Waals surface area contributed by atoms with Gasteiger partial charge in [0.1, 0.15) is 0 Å². The highest BCUT2D eigenvalue weighted by Crippen LogP contribution is 2.23. The number of sulfonamides is 1. The molecule has 0 atom stereocenters. The van der Waals surface area contributed by atoms with Crippen molar-refractivity contribution in [2.24, 2.45) is 0 Å². The fourth-order valence-corrected chi connectivity index (χ4v) is 4.60. The molecule has 0 bridgehead atoms. The topological polar surface area (TPSA) is 76.3 Å². The third-order valence-corrected chi connectivity index (χ3v) is 6.85. The largest absolute Gasteiger partial charge is 0.338 e. The second-order valence-electron chi connectivity index (χ2n) is 6.73. The van der Waals surface area contributed by atoms with E-state index >= 15 is 0 Å². The lowest BCUT2D eigenvalue weighted by Gasteiger charge is -2.20. The van der Waals surface area contributed by atoms with Crippen molar-refractivity contribution < 1.29 is 12.9 Å². The number of benzene rings is 3. The van der Waals surface area contributed by atoms with Crippen molar-refractivity contribution in [3.63, 3.8) is 0 Å². The molecule has 0 amide bonds. The van der Waals surface area contributed by atoms with Gasteiger partial charge in [-0.1, -0.05) is 58.7 Å². The number of hydrogen-bond acceptors (Lipinski definition) is 5. The normalized spacial score (nSPS) is 11.7. The molecule has 9 heteroatoms. The minimum Gasteiger partial charge on any atom is -0.338 e. The van der Waals surface area contributed by atoms with Gasteiger partial charge in [-0.25, -0.2) is 8.42 Å². The van der Waals surface area contributed by atoms with Crippen LogP contribution in [0, 0.1) is 0 Å². The predicted octanol–water partition coefficient (Wildman–Crippen LogP) is 5.43. The monoisotopic (exact) mass is 473 g/mol. The molecule has 0 radical (unpaired) electrons. The van der Waals surface area contributed by atoms with Crippen molar-refractivity contribution in [2.45, 2.75) is 18.0 Å². The van der Waals surface area contributed by atoms with Crippen LogP contribution in [0.2, 0.25) is 10.0 Å². The molecule has 0 unspecified atom stereocenters. The molecule has 0 saturated heterocycles. The first-order chi connectivity index (χ1) is 14.9. The zero-order chi connectivity index (χ0) is 21.8. The lowest BCUT2D eigenvalue weighted by Crippen LogP contribution is -2.30. The molecule has 1 aromatic heterocycles. The molecule has 0 spiro atoms. The number of halogens is 2. The molecule has 0 fully saturated rings. The highest BCUT2D eigenvalue weighted by Gasteiger charge is 2.27. The standard InChI is InChI=1S/C22H17Cl2N3O3S/c23-18-10-6-16(7-11-18)14-27(31(28,29)20-4-2-1-3-5-20)15-21-25-22(26-30-21)17-8-12-19(24)13-9-17/h1-13H,14-15H2. The zero-order valence-corrected chi connectivity index (χ0v) is 18.5. The number of nitrogens with zero attached hydrogens (tertiary/aromatic N) is 3. The van der Waals surface area contributed by atoms with Gasteiger partial charge in [-0.15, -0.1) is 0 Å². The molecule has 158 valence electrons. The first kappa shape index (κ1) is 21.5. The van der Waals surface area contributed by atoms with Gasteiger partial charge in [-0.3, -0.25) is 0 Å². The third-order valence-electron chi connectivity index (χ3n) is 4.54. The average Bonchev–Trinajstić information content (AvgIpc) is 3.24. The molecule has 0 aliphatic rings. The molecular weight excluding hydrogens is 457 g/mol. The first-order valence-electron chi connectivity index (χ1n) is 9.30. The molecule has 4 rings (SSSR count). The quantitative estimate of drug-likeness (QED) is 0.357. The summed E-state index contributed by atoms with van der Waals surface area (Å²) in [5.74, 6) is 0.536. The Morgan fingerprint density at radius 2 is 1.42 bits per heavy atom. The van der Waals surface area contributed by atoms with Gasteiger partial charge in [0.2, 0.25) is 21.7 Å². The van der Waals surface area contributed by atoms with Crippen LogP contribution < -0.4 is 0 Å². The summed E-state index contributed by atoms with van der Waals surface area (Å²) >= 11 is 11.9. The summed E-state index contributed by atoms with van der Waals surface area (Å²) in [6.07, 6.45) is 0. The molecule has 4 aromatic rings. The van der Waals surface area contributed by atoms with Crippen molar-refractivity contribution in [1.82, 2.24) is 14.4 Å². The Morgan fingerprint density at radius 1 is 0.806 bits per heavy atom. The average molecular weight is 474 g/mol. The molecule has 6 nitrogen and oxygen atoms in total. The SMILES string of the molecule is O=S(=O)(c1ccccc1)N(Cc1ccc(Cl)cc1)Cc1nc(-c2ccc(Cl)cc2)no1. The second kappa shape index (κ2) is 9.20. The van der Waals surface area contributed by atoms with Crippen LogP contribution in [0.15, 0.2) is 88.3 Å². The van der Waals surface area contributed by atoms with Gasteiger partial charge in [-0.2, -0.15) is 9.29 Å². The maximum Gasteiger partial charge on any atom is 0.243 e. The highest BCUT2D eigenvalue weighted by molar-refractivity contribution is 7.89.